The number of methoxy groups -OCH3 is 3. The van der Waals surface area contributed by atoms with Crippen molar-refractivity contribution in [2.75, 3.05) is 21.3 Å². The zero-order chi connectivity index (χ0) is 21.0. The van der Waals surface area contributed by atoms with E-state index < -0.39 is 17.9 Å². The number of aromatic nitrogens is 1. The molecule has 2 amide bonds. The number of nitrogens with one attached hydrogen (secondary N) is 3. The first-order valence-corrected chi connectivity index (χ1v) is 9.34. The van der Waals surface area contributed by atoms with Gasteiger partial charge < -0.3 is 24.5 Å². The molecule has 0 aliphatic carbocycles. The largest absolute Gasteiger partial charge is 0.496 e. The molecule has 8 nitrogen and oxygen atoms in total. The van der Waals surface area contributed by atoms with E-state index in [0.717, 1.165) is 22.0 Å². The topological polar surface area (TPSA) is 102 Å². The molecular formula is C22H19N3O5. The summed E-state index contributed by atoms with van der Waals surface area (Å²) in [4.78, 5) is 28.4. The summed E-state index contributed by atoms with van der Waals surface area (Å²) in [6.07, 6.45) is 1.75. The SMILES string of the molecule is COc1ccc(C2NC3=C(C(=O)NC3=O)c3c[nH]c4ccc(OC)c2c34)cc1OC. The van der Waals surface area contributed by atoms with Crippen molar-refractivity contribution in [2.24, 2.45) is 0 Å². The number of amides is 2. The van der Waals surface area contributed by atoms with Crippen molar-refractivity contribution in [3.63, 3.8) is 0 Å². The lowest BCUT2D eigenvalue weighted by Crippen LogP contribution is -2.30. The van der Waals surface area contributed by atoms with Crippen LogP contribution in [-0.4, -0.2) is 38.1 Å². The van der Waals surface area contributed by atoms with Gasteiger partial charge in [-0.3, -0.25) is 14.9 Å². The van der Waals surface area contributed by atoms with Gasteiger partial charge in [0.2, 0.25) is 0 Å². The van der Waals surface area contributed by atoms with Crippen LogP contribution in [0.25, 0.3) is 16.5 Å². The molecule has 0 saturated heterocycles. The fourth-order valence-corrected chi connectivity index (χ4v) is 4.24. The number of hydrogen-bond acceptors (Lipinski definition) is 6. The molecule has 3 heterocycles. The summed E-state index contributed by atoms with van der Waals surface area (Å²) >= 11 is 0. The average molecular weight is 405 g/mol. The predicted octanol–water partition coefficient (Wildman–Crippen LogP) is 2.25. The molecule has 3 N–H and O–H groups in total. The van der Waals surface area contributed by atoms with E-state index in [0.29, 0.717) is 28.4 Å². The molecule has 152 valence electrons. The van der Waals surface area contributed by atoms with E-state index in [1.54, 1.807) is 33.6 Å². The standard InChI is InChI=1S/C22H19N3O5/c1-28-13-6-4-10(8-15(13)30-3)19-18-14(29-2)7-5-12-16(18)11(9-23-12)17-20(24-19)22(27)25-21(17)26/h4-9,19,23-24H,1-3H3,(H,25,26,27). The fraction of sp³-hybridized carbons (Fsp3) is 0.182. The smallest absolute Gasteiger partial charge is 0.275 e. The second-order valence-corrected chi connectivity index (χ2v) is 7.03. The second-order valence-electron chi connectivity index (χ2n) is 7.03. The molecular weight excluding hydrogens is 386 g/mol. The van der Waals surface area contributed by atoms with Crippen molar-refractivity contribution in [3.8, 4) is 17.2 Å². The number of fused-ring (bicyclic) bond motifs is 1. The summed E-state index contributed by atoms with van der Waals surface area (Å²) < 4.78 is 16.5. The summed E-state index contributed by atoms with van der Waals surface area (Å²) in [5, 5.41) is 6.50. The van der Waals surface area contributed by atoms with Crippen LogP contribution in [-0.2, 0) is 9.59 Å². The van der Waals surface area contributed by atoms with Gasteiger partial charge in [-0.2, -0.15) is 0 Å². The third-order valence-electron chi connectivity index (χ3n) is 5.59. The number of carbonyl (C=O) groups is 2. The minimum absolute atomic E-state index is 0.235. The third kappa shape index (κ3) is 2.40. The molecule has 1 aromatic heterocycles. The highest BCUT2D eigenvalue weighted by Gasteiger charge is 2.39. The van der Waals surface area contributed by atoms with Gasteiger partial charge in [0.15, 0.2) is 11.5 Å². The van der Waals surface area contributed by atoms with Gasteiger partial charge in [-0.25, -0.2) is 0 Å². The van der Waals surface area contributed by atoms with Crippen molar-refractivity contribution >= 4 is 28.3 Å². The normalized spacial score (nSPS) is 17.4. The Morgan fingerprint density at radius 2 is 1.60 bits per heavy atom. The highest BCUT2D eigenvalue weighted by molar-refractivity contribution is 6.37. The van der Waals surface area contributed by atoms with Crippen LogP contribution in [0, 0.1) is 0 Å². The summed E-state index contributed by atoms with van der Waals surface area (Å²) in [6, 6.07) is 8.84. The molecule has 0 fully saturated rings. The van der Waals surface area contributed by atoms with Crippen LogP contribution in [0.1, 0.15) is 22.7 Å². The zero-order valence-electron chi connectivity index (χ0n) is 16.6. The van der Waals surface area contributed by atoms with Gasteiger partial charge in [0, 0.05) is 28.2 Å². The number of hydrogen-bond donors (Lipinski definition) is 3. The quantitative estimate of drug-likeness (QED) is 0.576. The number of ether oxygens (including phenoxy) is 3. The summed E-state index contributed by atoms with van der Waals surface area (Å²) in [7, 11) is 4.74. The monoisotopic (exact) mass is 405 g/mol. The Kier molecular flexibility index (Phi) is 3.95. The van der Waals surface area contributed by atoms with Gasteiger partial charge >= 0.3 is 0 Å². The number of carbonyl (C=O) groups excluding carboxylic acids is 2. The highest BCUT2D eigenvalue weighted by atomic mass is 16.5. The van der Waals surface area contributed by atoms with E-state index in [2.05, 4.69) is 15.6 Å². The van der Waals surface area contributed by atoms with Crippen LogP contribution < -0.4 is 24.8 Å². The Bertz CT molecular complexity index is 1260. The van der Waals surface area contributed by atoms with Gasteiger partial charge in [0.05, 0.1) is 32.9 Å². The molecule has 3 aromatic rings. The van der Waals surface area contributed by atoms with Crippen molar-refractivity contribution < 1.29 is 23.8 Å². The van der Waals surface area contributed by atoms with E-state index in [1.165, 1.54) is 0 Å². The summed E-state index contributed by atoms with van der Waals surface area (Å²) in [6.45, 7) is 0. The Balaban J connectivity index is 1.83. The third-order valence-corrected chi connectivity index (χ3v) is 5.59. The highest BCUT2D eigenvalue weighted by Crippen LogP contribution is 2.45. The molecule has 2 aliphatic heterocycles. The second kappa shape index (κ2) is 6.55. The Morgan fingerprint density at radius 1 is 0.867 bits per heavy atom. The summed E-state index contributed by atoms with van der Waals surface area (Å²) in [5.74, 6) is 0.912. The van der Waals surface area contributed by atoms with E-state index in [1.807, 2.05) is 24.3 Å². The molecule has 0 spiro atoms. The first-order chi connectivity index (χ1) is 14.6. The van der Waals surface area contributed by atoms with Crippen molar-refractivity contribution in [3.05, 3.63) is 58.9 Å². The molecule has 30 heavy (non-hydrogen) atoms. The van der Waals surface area contributed by atoms with E-state index in [4.69, 9.17) is 14.2 Å². The van der Waals surface area contributed by atoms with Crippen LogP contribution in [0.5, 0.6) is 17.2 Å². The van der Waals surface area contributed by atoms with E-state index >= 15 is 0 Å². The van der Waals surface area contributed by atoms with E-state index in [-0.39, 0.29) is 5.70 Å². The van der Waals surface area contributed by atoms with Crippen molar-refractivity contribution in [2.45, 2.75) is 6.04 Å². The van der Waals surface area contributed by atoms with Crippen LogP contribution >= 0.6 is 0 Å². The molecule has 0 radical (unpaired) electrons. The molecule has 2 aliphatic rings. The molecule has 0 saturated carbocycles. The van der Waals surface area contributed by atoms with Crippen LogP contribution in [0.3, 0.4) is 0 Å². The van der Waals surface area contributed by atoms with Crippen LogP contribution in [0.15, 0.2) is 42.2 Å². The first-order valence-electron chi connectivity index (χ1n) is 9.34. The number of imide groups is 1. The van der Waals surface area contributed by atoms with Crippen molar-refractivity contribution in [1.29, 1.82) is 0 Å². The lowest BCUT2D eigenvalue weighted by atomic mass is 9.93. The number of aromatic amines is 1. The maximum absolute atomic E-state index is 12.6. The zero-order valence-corrected chi connectivity index (χ0v) is 16.6. The Hall–Kier alpha value is -3.94. The Labute approximate surface area is 171 Å². The minimum atomic E-state index is -0.470. The van der Waals surface area contributed by atoms with Gasteiger partial charge in [-0.05, 0) is 29.8 Å². The van der Waals surface area contributed by atoms with Crippen LogP contribution in [0.2, 0.25) is 0 Å². The van der Waals surface area contributed by atoms with Crippen LogP contribution in [0.4, 0.5) is 0 Å². The molecule has 2 aromatic carbocycles. The first kappa shape index (κ1) is 18.1. The molecule has 5 rings (SSSR count). The Morgan fingerprint density at radius 3 is 2.33 bits per heavy atom. The molecule has 1 unspecified atom stereocenters. The predicted molar refractivity (Wildman–Crippen MR) is 109 cm³/mol. The van der Waals surface area contributed by atoms with Gasteiger partial charge in [-0.15, -0.1) is 0 Å². The maximum Gasteiger partial charge on any atom is 0.275 e. The van der Waals surface area contributed by atoms with Gasteiger partial charge in [0.1, 0.15) is 11.4 Å². The van der Waals surface area contributed by atoms with Gasteiger partial charge in [0.25, 0.3) is 11.8 Å². The lowest BCUT2D eigenvalue weighted by molar-refractivity contribution is -0.123. The minimum Gasteiger partial charge on any atom is -0.496 e. The van der Waals surface area contributed by atoms with Crippen molar-refractivity contribution in [1.82, 2.24) is 15.6 Å². The lowest BCUT2D eigenvalue weighted by Gasteiger charge is -2.23. The maximum atomic E-state index is 12.6. The molecule has 0 bridgehead atoms. The average Bonchev–Trinajstić information content (AvgIpc) is 3.25. The molecule has 8 heteroatoms. The number of rotatable bonds is 4. The van der Waals surface area contributed by atoms with E-state index in [9.17, 15) is 9.59 Å². The molecule has 1 atom stereocenters. The number of benzene rings is 2. The fourth-order valence-electron chi connectivity index (χ4n) is 4.24. The number of H-pyrrole nitrogens is 1. The summed E-state index contributed by atoms with van der Waals surface area (Å²) in [5.41, 5.74) is 3.71. The van der Waals surface area contributed by atoms with Gasteiger partial charge in [-0.1, -0.05) is 6.07 Å².